The van der Waals surface area contributed by atoms with Gasteiger partial charge in [0.1, 0.15) is 11.9 Å². The van der Waals surface area contributed by atoms with Crippen LogP contribution in [0.2, 0.25) is 0 Å². The number of aromatic nitrogens is 4. The van der Waals surface area contributed by atoms with Crippen LogP contribution in [0.15, 0.2) is 35.1 Å². The molecular formula is C15H14BrN5O3S. The number of aliphatic hydroxyl groups is 2. The summed E-state index contributed by atoms with van der Waals surface area (Å²) in [5, 5.41) is 22.0. The number of anilines is 2. The number of rotatable bonds is 6. The van der Waals surface area contributed by atoms with Crippen LogP contribution >= 0.6 is 27.5 Å². The second-order valence-corrected chi connectivity index (χ2v) is 6.64. The van der Waals surface area contributed by atoms with Gasteiger partial charge in [-0.25, -0.2) is 9.97 Å². The fourth-order valence-electron chi connectivity index (χ4n) is 1.89. The van der Waals surface area contributed by atoms with E-state index in [9.17, 15) is 5.11 Å². The Balaban J connectivity index is 1.86. The third kappa shape index (κ3) is 4.28. The fraction of sp³-hybridized carbons (Fsp3) is 0.200. The van der Waals surface area contributed by atoms with Gasteiger partial charge in [0.25, 0.3) is 0 Å². The molecule has 0 saturated carbocycles. The van der Waals surface area contributed by atoms with E-state index in [0.29, 0.717) is 22.4 Å². The Kier molecular flexibility index (Phi) is 5.53. The molecule has 0 spiro atoms. The highest BCUT2D eigenvalue weighted by atomic mass is 79.9. The summed E-state index contributed by atoms with van der Waals surface area (Å²) in [4.78, 5) is 12.6. The van der Waals surface area contributed by atoms with Crippen molar-refractivity contribution in [2.45, 2.75) is 13.0 Å². The zero-order valence-electron chi connectivity index (χ0n) is 13.0. The molecule has 0 aliphatic rings. The van der Waals surface area contributed by atoms with Crippen LogP contribution in [0, 0.1) is 6.92 Å². The molecule has 10 heteroatoms. The van der Waals surface area contributed by atoms with Crippen molar-refractivity contribution in [3.8, 4) is 11.5 Å². The number of nitrogens with zero attached hydrogens (tertiary/aromatic N) is 4. The summed E-state index contributed by atoms with van der Waals surface area (Å²) in [7, 11) is 0. The standard InChI is InChI=1S/C15H14BrN5O3S/c1-8-11(3-2-4-17-8)24-12-5-9(16)6-18-14(12)20-15-19-13(21-25-15)10(23)7-22/h2-6,10,22-23H,7H2,1H3,(H,18,19,20,21)/t10-/m1/s1. The van der Waals surface area contributed by atoms with E-state index in [4.69, 9.17) is 9.84 Å². The fourth-order valence-corrected chi connectivity index (χ4v) is 2.82. The van der Waals surface area contributed by atoms with Crippen LogP contribution in [-0.4, -0.2) is 36.1 Å². The Morgan fingerprint density at radius 1 is 1.36 bits per heavy atom. The van der Waals surface area contributed by atoms with Gasteiger partial charge in [-0.1, -0.05) is 0 Å². The average Bonchev–Trinajstić information content (AvgIpc) is 3.07. The number of hydrogen-bond donors (Lipinski definition) is 3. The molecular weight excluding hydrogens is 410 g/mol. The first kappa shape index (κ1) is 17.7. The largest absolute Gasteiger partial charge is 0.452 e. The Hall–Kier alpha value is -2.14. The SMILES string of the molecule is Cc1ncccc1Oc1cc(Br)cnc1Nc1nc([C@H](O)CO)ns1. The van der Waals surface area contributed by atoms with Crippen LogP contribution in [0.25, 0.3) is 0 Å². The second-order valence-electron chi connectivity index (χ2n) is 4.97. The van der Waals surface area contributed by atoms with E-state index in [1.807, 2.05) is 13.0 Å². The molecule has 0 aliphatic heterocycles. The first-order valence-corrected chi connectivity index (χ1v) is 8.78. The predicted octanol–water partition coefficient (Wildman–Crippen LogP) is 2.96. The number of ether oxygens (including phenoxy) is 1. The predicted molar refractivity (Wildman–Crippen MR) is 96.2 cm³/mol. The molecule has 0 amide bonds. The molecule has 3 N–H and O–H groups in total. The maximum Gasteiger partial charge on any atom is 0.208 e. The topological polar surface area (TPSA) is 113 Å². The number of hydrogen-bond acceptors (Lipinski definition) is 9. The van der Waals surface area contributed by atoms with Crippen molar-refractivity contribution in [3.63, 3.8) is 0 Å². The minimum absolute atomic E-state index is 0.151. The first-order chi connectivity index (χ1) is 12.1. The highest BCUT2D eigenvalue weighted by Crippen LogP contribution is 2.33. The molecule has 3 aromatic heterocycles. The molecule has 0 saturated heterocycles. The molecule has 25 heavy (non-hydrogen) atoms. The van der Waals surface area contributed by atoms with Crippen LogP contribution in [0.1, 0.15) is 17.6 Å². The maximum atomic E-state index is 9.58. The monoisotopic (exact) mass is 423 g/mol. The van der Waals surface area contributed by atoms with E-state index >= 15 is 0 Å². The minimum Gasteiger partial charge on any atom is -0.452 e. The van der Waals surface area contributed by atoms with Crippen molar-refractivity contribution >= 4 is 38.4 Å². The highest BCUT2D eigenvalue weighted by Gasteiger charge is 2.15. The van der Waals surface area contributed by atoms with Crippen LogP contribution in [0.3, 0.4) is 0 Å². The smallest absolute Gasteiger partial charge is 0.208 e. The molecule has 3 heterocycles. The Bertz CT molecular complexity index is 876. The quantitative estimate of drug-likeness (QED) is 0.554. The van der Waals surface area contributed by atoms with E-state index in [1.165, 1.54) is 0 Å². The van der Waals surface area contributed by atoms with Crippen molar-refractivity contribution < 1.29 is 14.9 Å². The summed E-state index contributed by atoms with van der Waals surface area (Å²) >= 11 is 4.42. The van der Waals surface area contributed by atoms with Gasteiger partial charge in [0.2, 0.25) is 5.13 Å². The highest BCUT2D eigenvalue weighted by molar-refractivity contribution is 9.10. The number of aliphatic hydroxyl groups excluding tert-OH is 2. The Morgan fingerprint density at radius 2 is 2.20 bits per heavy atom. The Labute approximate surface area is 155 Å². The average molecular weight is 424 g/mol. The molecule has 1 atom stereocenters. The van der Waals surface area contributed by atoms with Crippen LogP contribution in [0.5, 0.6) is 11.5 Å². The van der Waals surface area contributed by atoms with E-state index in [2.05, 4.69) is 40.6 Å². The molecule has 130 valence electrons. The lowest BCUT2D eigenvalue weighted by molar-refractivity contribution is 0.0897. The van der Waals surface area contributed by atoms with Gasteiger partial charge in [-0.3, -0.25) is 4.98 Å². The van der Waals surface area contributed by atoms with Gasteiger partial charge < -0.3 is 20.3 Å². The summed E-state index contributed by atoms with van der Waals surface area (Å²) in [6.07, 6.45) is 2.20. The molecule has 8 nitrogen and oxygen atoms in total. The second kappa shape index (κ2) is 7.83. The minimum atomic E-state index is -1.11. The van der Waals surface area contributed by atoms with Crippen molar-refractivity contribution in [2.24, 2.45) is 0 Å². The van der Waals surface area contributed by atoms with E-state index in [0.717, 1.165) is 21.7 Å². The van der Waals surface area contributed by atoms with Gasteiger partial charge in [-0.2, -0.15) is 4.37 Å². The van der Waals surface area contributed by atoms with Crippen LogP contribution in [-0.2, 0) is 0 Å². The number of aryl methyl sites for hydroxylation is 1. The maximum absolute atomic E-state index is 9.58. The summed E-state index contributed by atoms with van der Waals surface area (Å²) in [5.74, 6) is 1.68. The van der Waals surface area contributed by atoms with Crippen molar-refractivity contribution in [3.05, 3.63) is 46.6 Å². The van der Waals surface area contributed by atoms with Gasteiger partial charge in [0, 0.05) is 34.5 Å². The van der Waals surface area contributed by atoms with Crippen LogP contribution < -0.4 is 10.1 Å². The lowest BCUT2D eigenvalue weighted by Crippen LogP contribution is -2.04. The zero-order valence-corrected chi connectivity index (χ0v) is 15.5. The van der Waals surface area contributed by atoms with Crippen molar-refractivity contribution in [1.82, 2.24) is 19.3 Å². The van der Waals surface area contributed by atoms with E-state index < -0.39 is 12.7 Å². The molecule has 0 fully saturated rings. The summed E-state index contributed by atoms with van der Waals surface area (Å²) in [6, 6.07) is 5.37. The summed E-state index contributed by atoms with van der Waals surface area (Å²) < 4.78 is 10.7. The van der Waals surface area contributed by atoms with E-state index in [-0.39, 0.29) is 5.82 Å². The summed E-state index contributed by atoms with van der Waals surface area (Å²) in [6.45, 7) is 1.41. The normalized spacial score (nSPS) is 12.0. The number of halogens is 1. The molecule has 0 unspecified atom stereocenters. The molecule has 0 radical (unpaired) electrons. The van der Waals surface area contributed by atoms with E-state index in [1.54, 1.807) is 24.5 Å². The van der Waals surface area contributed by atoms with Crippen LogP contribution in [0.4, 0.5) is 10.9 Å². The van der Waals surface area contributed by atoms with Gasteiger partial charge in [0.15, 0.2) is 17.4 Å². The van der Waals surface area contributed by atoms with Gasteiger partial charge in [-0.05, 0) is 35.0 Å². The number of nitrogens with one attached hydrogen (secondary N) is 1. The number of pyridine rings is 2. The lowest BCUT2D eigenvalue weighted by atomic mass is 10.3. The first-order valence-electron chi connectivity index (χ1n) is 7.21. The van der Waals surface area contributed by atoms with Gasteiger partial charge in [0.05, 0.1) is 12.3 Å². The zero-order chi connectivity index (χ0) is 17.8. The van der Waals surface area contributed by atoms with Crippen molar-refractivity contribution in [2.75, 3.05) is 11.9 Å². The lowest BCUT2D eigenvalue weighted by Gasteiger charge is -2.12. The molecule has 3 aromatic rings. The third-order valence-electron chi connectivity index (χ3n) is 3.14. The molecule has 0 bridgehead atoms. The third-order valence-corrected chi connectivity index (χ3v) is 4.21. The Morgan fingerprint density at radius 3 is 2.96 bits per heavy atom. The van der Waals surface area contributed by atoms with Crippen molar-refractivity contribution in [1.29, 1.82) is 0 Å². The molecule has 3 rings (SSSR count). The van der Waals surface area contributed by atoms with Gasteiger partial charge >= 0.3 is 0 Å². The van der Waals surface area contributed by atoms with Gasteiger partial charge in [-0.15, -0.1) is 0 Å². The molecule has 0 aromatic carbocycles. The summed E-state index contributed by atoms with van der Waals surface area (Å²) in [5.41, 5.74) is 0.748. The molecule has 0 aliphatic carbocycles.